The maximum Gasteiger partial charge on any atom is 0.471 e. The number of aryl methyl sites for hydroxylation is 1. The highest BCUT2D eigenvalue weighted by Gasteiger charge is 2.38. The molecule has 0 unspecified atom stereocenters. The van der Waals surface area contributed by atoms with Gasteiger partial charge in [-0.25, -0.2) is 0 Å². The lowest BCUT2D eigenvalue weighted by Gasteiger charge is -2.16. The Morgan fingerprint density at radius 3 is 2.59 bits per heavy atom. The molecular weight excluding hydrogens is 299 g/mol. The van der Waals surface area contributed by atoms with Gasteiger partial charge in [-0.1, -0.05) is 17.3 Å². The van der Waals surface area contributed by atoms with Crippen molar-refractivity contribution < 1.29 is 22.5 Å². The van der Waals surface area contributed by atoms with Gasteiger partial charge >= 0.3 is 12.1 Å². The Hall–Kier alpha value is -2.38. The van der Waals surface area contributed by atoms with Gasteiger partial charge in [0.05, 0.1) is 0 Å². The number of nitrogens with zero attached hydrogens (tertiary/aromatic N) is 3. The highest BCUT2D eigenvalue weighted by Crippen LogP contribution is 2.29. The molecular formula is C14H14F3N3O2. The van der Waals surface area contributed by atoms with E-state index in [0.717, 1.165) is 17.5 Å². The lowest BCUT2D eigenvalue weighted by atomic mass is 10.0. The Morgan fingerprint density at radius 1 is 1.36 bits per heavy atom. The van der Waals surface area contributed by atoms with E-state index in [0.29, 0.717) is 18.7 Å². The number of aromatic nitrogens is 2. The molecule has 0 aliphatic rings. The Kier molecular flexibility index (Phi) is 4.48. The molecule has 1 amide bonds. The van der Waals surface area contributed by atoms with Crippen molar-refractivity contribution in [1.82, 2.24) is 15.0 Å². The fourth-order valence-corrected chi connectivity index (χ4v) is 1.91. The van der Waals surface area contributed by atoms with Crippen molar-refractivity contribution in [3.63, 3.8) is 0 Å². The van der Waals surface area contributed by atoms with E-state index in [9.17, 15) is 18.0 Å². The topological polar surface area (TPSA) is 59.2 Å². The molecule has 0 aliphatic carbocycles. The van der Waals surface area contributed by atoms with E-state index in [1.807, 2.05) is 13.8 Å². The van der Waals surface area contributed by atoms with Crippen molar-refractivity contribution in [1.29, 1.82) is 0 Å². The molecule has 8 heteroatoms. The lowest BCUT2D eigenvalue weighted by molar-refractivity contribution is -0.159. The molecule has 1 aromatic heterocycles. The summed E-state index contributed by atoms with van der Waals surface area (Å²) in [5.74, 6) is -1.49. The third-order valence-corrected chi connectivity index (χ3v) is 3.20. The van der Waals surface area contributed by atoms with Crippen LogP contribution in [0.15, 0.2) is 22.7 Å². The lowest BCUT2D eigenvalue weighted by Crippen LogP contribution is -2.21. The van der Waals surface area contributed by atoms with Crippen molar-refractivity contribution in [2.45, 2.75) is 26.6 Å². The standard InChI is InChI=1S/C14H14F3N3O2/c1-3-20(8-21)7-11-5-4-10(6-9(11)2)12-18-13(22-19-12)14(15,16)17/h4-6,8H,3,7H2,1-2H3. The molecule has 0 N–H and O–H groups in total. The van der Waals surface area contributed by atoms with Crippen LogP contribution in [-0.4, -0.2) is 28.0 Å². The Labute approximate surface area is 124 Å². The molecule has 1 heterocycles. The second-order valence-corrected chi connectivity index (χ2v) is 4.73. The van der Waals surface area contributed by atoms with E-state index in [1.54, 1.807) is 23.1 Å². The summed E-state index contributed by atoms with van der Waals surface area (Å²) in [5.41, 5.74) is 2.16. The van der Waals surface area contributed by atoms with Gasteiger partial charge in [-0.2, -0.15) is 18.2 Å². The number of hydrogen-bond donors (Lipinski definition) is 0. The highest BCUT2D eigenvalue weighted by molar-refractivity contribution is 5.57. The Morgan fingerprint density at radius 2 is 2.09 bits per heavy atom. The number of carbonyl (C=O) groups is 1. The summed E-state index contributed by atoms with van der Waals surface area (Å²) in [6, 6.07) is 5.01. The summed E-state index contributed by atoms with van der Waals surface area (Å²) in [6.07, 6.45) is -3.91. The quantitative estimate of drug-likeness (QED) is 0.796. The summed E-state index contributed by atoms with van der Waals surface area (Å²) in [6.45, 7) is 4.68. The van der Waals surface area contributed by atoms with Crippen molar-refractivity contribution >= 4 is 6.41 Å². The predicted octanol–water partition coefficient (Wildman–Crippen LogP) is 3.04. The van der Waals surface area contributed by atoms with E-state index in [-0.39, 0.29) is 5.82 Å². The van der Waals surface area contributed by atoms with E-state index in [2.05, 4.69) is 14.7 Å². The summed E-state index contributed by atoms with van der Waals surface area (Å²) in [4.78, 5) is 15.8. The number of hydrogen-bond acceptors (Lipinski definition) is 4. The van der Waals surface area contributed by atoms with Crippen LogP contribution < -0.4 is 0 Å². The number of rotatable bonds is 5. The number of carbonyl (C=O) groups excluding carboxylic acids is 1. The summed E-state index contributed by atoms with van der Waals surface area (Å²) < 4.78 is 41.6. The number of alkyl halides is 3. The van der Waals surface area contributed by atoms with Crippen LogP contribution in [0.1, 0.15) is 23.9 Å². The third kappa shape index (κ3) is 3.44. The fourth-order valence-electron chi connectivity index (χ4n) is 1.91. The van der Waals surface area contributed by atoms with Crippen LogP contribution in [0, 0.1) is 6.92 Å². The van der Waals surface area contributed by atoms with Gasteiger partial charge in [0.2, 0.25) is 12.2 Å². The summed E-state index contributed by atoms with van der Waals surface area (Å²) in [7, 11) is 0. The average molecular weight is 313 g/mol. The molecule has 118 valence electrons. The van der Waals surface area contributed by atoms with Crippen LogP contribution in [0.25, 0.3) is 11.4 Å². The second-order valence-electron chi connectivity index (χ2n) is 4.73. The molecule has 0 radical (unpaired) electrons. The second kappa shape index (κ2) is 6.17. The molecule has 0 fully saturated rings. The Balaban J connectivity index is 2.25. The zero-order chi connectivity index (χ0) is 16.3. The van der Waals surface area contributed by atoms with E-state index >= 15 is 0 Å². The molecule has 0 atom stereocenters. The number of halogens is 3. The Bertz CT molecular complexity index is 668. The monoisotopic (exact) mass is 313 g/mol. The predicted molar refractivity (Wildman–Crippen MR) is 71.6 cm³/mol. The van der Waals surface area contributed by atoms with Crippen LogP contribution in [0.5, 0.6) is 0 Å². The molecule has 0 saturated heterocycles. The zero-order valence-corrected chi connectivity index (χ0v) is 12.0. The maximum atomic E-state index is 12.4. The highest BCUT2D eigenvalue weighted by atomic mass is 19.4. The van der Waals surface area contributed by atoms with Crippen LogP contribution in [0.2, 0.25) is 0 Å². The minimum atomic E-state index is -4.66. The number of amides is 1. The molecule has 5 nitrogen and oxygen atoms in total. The van der Waals surface area contributed by atoms with Gasteiger partial charge in [0.1, 0.15) is 0 Å². The van der Waals surface area contributed by atoms with Gasteiger partial charge in [-0.15, -0.1) is 0 Å². The zero-order valence-electron chi connectivity index (χ0n) is 12.0. The molecule has 0 aliphatic heterocycles. The van der Waals surface area contributed by atoms with Gasteiger partial charge in [0, 0.05) is 18.7 Å². The SMILES string of the molecule is CCN(C=O)Cc1ccc(-c2noc(C(F)(F)F)n2)cc1C. The summed E-state index contributed by atoms with van der Waals surface area (Å²) in [5, 5.41) is 3.34. The molecule has 1 aromatic carbocycles. The van der Waals surface area contributed by atoms with E-state index in [1.165, 1.54) is 0 Å². The fraction of sp³-hybridized carbons (Fsp3) is 0.357. The van der Waals surface area contributed by atoms with Crippen molar-refractivity contribution in [2.24, 2.45) is 0 Å². The van der Waals surface area contributed by atoms with Crippen LogP contribution in [-0.2, 0) is 17.5 Å². The summed E-state index contributed by atoms with van der Waals surface area (Å²) >= 11 is 0. The molecule has 0 spiro atoms. The van der Waals surface area contributed by atoms with Crippen LogP contribution in [0.4, 0.5) is 13.2 Å². The van der Waals surface area contributed by atoms with Gasteiger partial charge in [0.25, 0.3) is 0 Å². The van der Waals surface area contributed by atoms with Gasteiger partial charge < -0.3 is 9.42 Å². The van der Waals surface area contributed by atoms with Gasteiger partial charge in [0.15, 0.2) is 0 Å². The van der Waals surface area contributed by atoms with Crippen molar-refractivity contribution in [2.75, 3.05) is 6.54 Å². The van der Waals surface area contributed by atoms with Gasteiger partial charge in [-0.3, -0.25) is 4.79 Å². The first kappa shape index (κ1) is 16.0. The van der Waals surface area contributed by atoms with Crippen molar-refractivity contribution in [3.05, 3.63) is 35.2 Å². The minimum absolute atomic E-state index is 0.121. The maximum absolute atomic E-state index is 12.4. The van der Waals surface area contributed by atoms with Crippen molar-refractivity contribution in [3.8, 4) is 11.4 Å². The first-order valence-electron chi connectivity index (χ1n) is 6.55. The first-order valence-corrected chi connectivity index (χ1v) is 6.55. The first-order chi connectivity index (χ1) is 10.3. The molecule has 2 rings (SSSR count). The van der Waals surface area contributed by atoms with Crippen LogP contribution in [0.3, 0.4) is 0 Å². The largest absolute Gasteiger partial charge is 0.471 e. The molecule has 0 bridgehead atoms. The molecule has 22 heavy (non-hydrogen) atoms. The molecule has 2 aromatic rings. The number of benzene rings is 1. The minimum Gasteiger partial charge on any atom is -0.341 e. The molecule has 0 saturated carbocycles. The normalized spacial score (nSPS) is 11.5. The third-order valence-electron chi connectivity index (χ3n) is 3.20. The van der Waals surface area contributed by atoms with Crippen LogP contribution >= 0.6 is 0 Å². The van der Waals surface area contributed by atoms with E-state index in [4.69, 9.17) is 0 Å². The van der Waals surface area contributed by atoms with E-state index < -0.39 is 12.1 Å². The van der Waals surface area contributed by atoms with Gasteiger partial charge in [-0.05, 0) is 31.0 Å². The smallest absolute Gasteiger partial charge is 0.341 e. The average Bonchev–Trinajstić information content (AvgIpc) is 2.96.